The van der Waals surface area contributed by atoms with E-state index >= 15 is 0 Å². The molecule has 0 spiro atoms. The highest BCUT2D eigenvalue weighted by Crippen LogP contribution is 1.99. The van der Waals surface area contributed by atoms with E-state index in [2.05, 4.69) is 13.8 Å². The predicted molar refractivity (Wildman–Crippen MR) is 55.5 cm³/mol. The molecule has 0 fully saturated rings. The van der Waals surface area contributed by atoms with Gasteiger partial charge in [0.25, 0.3) is 0 Å². The first-order valence-corrected chi connectivity index (χ1v) is 4.92. The Morgan fingerprint density at radius 2 is 2.36 bits per heavy atom. The van der Waals surface area contributed by atoms with Gasteiger partial charge in [0, 0.05) is 19.3 Å². The SMILES string of the molecule is CC(C)COCCn1cccc1C=O. The Bertz CT molecular complexity index is 279. The third-order valence-electron chi connectivity index (χ3n) is 1.91. The number of hydrogen-bond donors (Lipinski definition) is 0. The van der Waals surface area contributed by atoms with Gasteiger partial charge in [0.15, 0.2) is 6.29 Å². The Balaban J connectivity index is 2.27. The normalized spacial score (nSPS) is 10.8. The third kappa shape index (κ3) is 3.34. The highest BCUT2D eigenvalue weighted by molar-refractivity contribution is 5.72. The molecule has 1 aromatic heterocycles. The highest BCUT2D eigenvalue weighted by Gasteiger charge is 1.99. The number of aldehydes is 1. The van der Waals surface area contributed by atoms with Gasteiger partial charge in [0.05, 0.1) is 12.3 Å². The number of hydrogen-bond acceptors (Lipinski definition) is 2. The fraction of sp³-hybridized carbons (Fsp3) is 0.545. The fourth-order valence-electron chi connectivity index (χ4n) is 1.22. The van der Waals surface area contributed by atoms with Gasteiger partial charge in [0.1, 0.15) is 0 Å². The van der Waals surface area contributed by atoms with Gasteiger partial charge in [-0.3, -0.25) is 4.79 Å². The zero-order valence-electron chi connectivity index (χ0n) is 8.77. The maximum atomic E-state index is 10.6. The van der Waals surface area contributed by atoms with Crippen LogP contribution in [0.1, 0.15) is 24.3 Å². The smallest absolute Gasteiger partial charge is 0.166 e. The molecule has 1 heterocycles. The lowest BCUT2D eigenvalue weighted by Gasteiger charge is -2.08. The summed E-state index contributed by atoms with van der Waals surface area (Å²) in [5.74, 6) is 0.560. The van der Waals surface area contributed by atoms with E-state index in [4.69, 9.17) is 4.74 Å². The van der Waals surface area contributed by atoms with Crippen molar-refractivity contribution in [1.29, 1.82) is 0 Å². The lowest BCUT2D eigenvalue weighted by Crippen LogP contribution is -2.10. The van der Waals surface area contributed by atoms with Gasteiger partial charge in [-0.1, -0.05) is 13.8 Å². The van der Waals surface area contributed by atoms with E-state index in [1.807, 2.05) is 16.8 Å². The van der Waals surface area contributed by atoms with Crippen molar-refractivity contribution >= 4 is 6.29 Å². The molecule has 0 amide bonds. The number of carbonyl (C=O) groups excluding carboxylic acids is 1. The van der Waals surface area contributed by atoms with Gasteiger partial charge >= 0.3 is 0 Å². The molecular formula is C11H17NO2. The first-order valence-electron chi connectivity index (χ1n) is 4.92. The number of ether oxygens (including phenoxy) is 1. The van der Waals surface area contributed by atoms with Gasteiger partial charge in [-0.05, 0) is 18.1 Å². The summed E-state index contributed by atoms with van der Waals surface area (Å²) in [6.07, 6.45) is 2.75. The standard InChI is InChI=1S/C11H17NO2/c1-10(2)9-14-7-6-12-5-3-4-11(12)8-13/h3-5,8,10H,6-7,9H2,1-2H3. The van der Waals surface area contributed by atoms with Crippen molar-refractivity contribution in [2.45, 2.75) is 20.4 Å². The monoisotopic (exact) mass is 195 g/mol. The summed E-state index contributed by atoms with van der Waals surface area (Å²) in [5, 5.41) is 0. The highest BCUT2D eigenvalue weighted by atomic mass is 16.5. The summed E-state index contributed by atoms with van der Waals surface area (Å²) < 4.78 is 7.33. The minimum absolute atomic E-state index is 0.560. The molecule has 0 aliphatic carbocycles. The molecule has 3 heteroatoms. The summed E-state index contributed by atoms with van der Waals surface area (Å²) >= 11 is 0. The quantitative estimate of drug-likeness (QED) is 0.513. The second kappa shape index (κ2) is 5.60. The average molecular weight is 195 g/mol. The van der Waals surface area contributed by atoms with Crippen molar-refractivity contribution in [2.75, 3.05) is 13.2 Å². The largest absolute Gasteiger partial charge is 0.379 e. The van der Waals surface area contributed by atoms with Crippen molar-refractivity contribution in [3.8, 4) is 0 Å². The molecule has 0 bridgehead atoms. The first-order chi connectivity index (χ1) is 6.74. The number of aromatic nitrogens is 1. The summed E-state index contributed by atoms with van der Waals surface area (Å²) in [5.41, 5.74) is 0.707. The van der Waals surface area contributed by atoms with Crippen LogP contribution in [0.4, 0.5) is 0 Å². The lowest BCUT2D eigenvalue weighted by molar-refractivity contribution is 0.101. The van der Waals surface area contributed by atoms with Gasteiger partial charge in [-0.15, -0.1) is 0 Å². The second-order valence-corrected chi connectivity index (χ2v) is 3.71. The van der Waals surface area contributed by atoms with Gasteiger partial charge in [-0.2, -0.15) is 0 Å². The molecule has 0 radical (unpaired) electrons. The summed E-state index contributed by atoms with van der Waals surface area (Å²) in [7, 11) is 0. The van der Waals surface area contributed by atoms with Gasteiger partial charge in [0.2, 0.25) is 0 Å². The molecule has 3 nitrogen and oxygen atoms in total. The van der Waals surface area contributed by atoms with E-state index in [1.54, 1.807) is 6.07 Å². The molecular weight excluding hydrogens is 178 g/mol. The molecule has 0 atom stereocenters. The summed E-state index contributed by atoms with van der Waals surface area (Å²) in [6.45, 7) is 6.41. The van der Waals surface area contributed by atoms with Gasteiger partial charge in [-0.25, -0.2) is 0 Å². The van der Waals surface area contributed by atoms with Crippen LogP contribution >= 0.6 is 0 Å². The Labute approximate surface area is 84.7 Å². The minimum atomic E-state index is 0.560. The minimum Gasteiger partial charge on any atom is -0.379 e. The van der Waals surface area contributed by atoms with Crippen LogP contribution in [0.25, 0.3) is 0 Å². The predicted octanol–water partition coefficient (Wildman–Crippen LogP) is 1.97. The second-order valence-electron chi connectivity index (χ2n) is 3.71. The topological polar surface area (TPSA) is 31.2 Å². The molecule has 0 saturated carbocycles. The molecule has 1 rings (SSSR count). The van der Waals surface area contributed by atoms with Crippen LogP contribution in [-0.4, -0.2) is 24.1 Å². The Hall–Kier alpha value is -1.09. The van der Waals surface area contributed by atoms with Crippen LogP contribution in [0.15, 0.2) is 18.3 Å². The van der Waals surface area contributed by atoms with E-state index in [9.17, 15) is 4.79 Å². The van der Waals surface area contributed by atoms with Crippen molar-refractivity contribution in [1.82, 2.24) is 4.57 Å². The van der Waals surface area contributed by atoms with Crippen LogP contribution in [0.2, 0.25) is 0 Å². The fourth-order valence-corrected chi connectivity index (χ4v) is 1.22. The van der Waals surface area contributed by atoms with Gasteiger partial charge < -0.3 is 9.30 Å². The summed E-state index contributed by atoms with van der Waals surface area (Å²) in [6, 6.07) is 3.67. The number of rotatable bonds is 6. The van der Waals surface area contributed by atoms with Crippen molar-refractivity contribution < 1.29 is 9.53 Å². The number of nitrogens with zero attached hydrogens (tertiary/aromatic N) is 1. The third-order valence-corrected chi connectivity index (χ3v) is 1.91. The van der Waals surface area contributed by atoms with E-state index < -0.39 is 0 Å². The Morgan fingerprint density at radius 3 is 3.00 bits per heavy atom. The van der Waals surface area contributed by atoms with E-state index in [0.717, 1.165) is 19.4 Å². The molecule has 0 N–H and O–H groups in total. The van der Waals surface area contributed by atoms with Crippen molar-refractivity contribution in [3.63, 3.8) is 0 Å². The first kappa shape index (κ1) is 11.0. The van der Waals surface area contributed by atoms with Crippen LogP contribution in [0.3, 0.4) is 0 Å². The van der Waals surface area contributed by atoms with E-state index in [0.29, 0.717) is 18.2 Å². The van der Waals surface area contributed by atoms with Crippen LogP contribution in [0.5, 0.6) is 0 Å². The van der Waals surface area contributed by atoms with E-state index in [-0.39, 0.29) is 0 Å². The van der Waals surface area contributed by atoms with Crippen LogP contribution < -0.4 is 0 Å². The molecule has 0 aliphatic heterocycles. The zero-order valence-corrected chi connectivity index (χ0v) is 8.77. The number of carbonyl (C=O) groups is 1. The molecule has 78 valence electrons. The lowest BCUT2D eigenvalue weighted by atomic mass is 10.2. The van der Waals surface area contributed by atoms with Crippen molar-refractivity contribution in [2.24, 2.45) is 5.92 Å². The molecule has 0 aliphatic rings. The van der Waals surface area contributed by atoms with E-state index in [1.165, 1.54) is 0 Å². The maximum Gasteiger partial charge on any atom is 0.166 e. The maximum absolute atomic E-state index is 10.6. The molecule has 0 saturated heterocycles. The molecule has 0 aromatic carbocycles. The van der Waals surface area contributed by atoms with Crippen LogP contribution in [0, 0.1) is 5.92 Å². The molecule has 14 heavy (non-hydrogen) atoms. The molecule has 1 aromatic rings. The molecule has 0 unspecified atom stereocenters. The van der Waals surface area contributed by atoms with Crippen LogP contribution in [-0.2, 0) is 11.3 Å². The Kier molecular flexibility index (Phi) is 4.40. The Morgan fingerprint density at radius 1 is 1.57 bits per heavy atom. The van der Waals surface area contributed by atoms with Crippen molar-refractivity contribution in [3.05, 3.63) is 24.0 Å². The zero-order chi connectivity index (χ0) is 10.4. The average Bonchev–Trinajstić information content (AvgIpc) is 2.59. The summed E-state index contributed by atoms with van der Waals surface area (Å²) in [4.78, 5) is 10.6.